The van der Waals surface area contributed by atoms with Crippen molar-refractivity contribution in [2.75, 3.05) is 31.3 Å². The van der Waals surface area contributed by atoms with Crippen molar-refractivity contribution in [3.8, 4) is 0 Å². The smallest absolute Gasteiger partial charge is 0.329 e. The van der Waals surface area contributed by atoms with Crippen molar-refractivity contribution in [1.82, 2.24) is 9.97 Å². The van der Waals surface area contributed by atoms with Gasteiger partial charge in [0.25, 0.3) is 0 Å². The number of nitro groups is 1. The third-order valence-electron chi connectivity index (χ3n) is 2.05. The van der Waals surface area contributed by atoms with Crippen molar-refractivity contribution >= 4 is 17.5 Å². The second kappa shape index (κ2) is 6.59. The summed E-state index contributed by atoms with van der Waals surface area (Å²) in [7, 11) is 1.63. The minimum Gasteiger partial charge on any atom is -0.385 e. The summed E-state index contributed by atoms with van der Waals surface area (Å²) >= 11 is 0. The fourth-order valence-electron chi connectivity index (χ4n) is 1.23. The Morgan fingerprint density at radius 3 is 3.00 bits per heavy atom. The molecule has 0 atom stereocenters. The average Bonchev–Trinajstić information content (AvgIpc) is 2.28. The fourth-order valence-corrected chi connectivity index (χ4v) is 1.23. The fraction of sp³-hybridized carbons (Fsp3) is 0.556. The quantitative estimate of drug-likeness (QED) is 0.412. The maximum absolute atomic E-state index is 10.7. The zero-order valence-electron chi connectivity index (χ0n) is 9.55. The van der Waals surface area contributed by atoms with Gasteiger partial charge in [0.15, 0.2) is 0 Å². The summed E-state index contributed by atoms with van der Waals surface area (Å²) in [6, 6.07) is 0. The van der Waals surface area contributed by atoms with Gasteiger partial charge in [-0.05, 0) is 12.8 Å². The molecule has 1 aromatic heterocycles. The molecule has 0 saturated heterocycles. The lowest BCUT2D eigenvalue weighted by molar-refractivity contribution is -0.384. The van der Waals surface area contributed by atoms with E-state index in [1.807, 2.05) is 0 Å². The number of hydrogen-bond donors (Lipinski definition) is 2. The normalized spacial score (nSPS) is 10.2. The standard InChI is InChI=1S/C9H15N5O3/c1-17-5-3-2-4-11-8-7(14(15)16)6-12-9(10)13-8/h6H,2-5H2,1H3,(H3,10,11,12,13). The van der Waals surface area contributed by atoms with Crippen LogP contribution in [0.15, 0.2) is 6.20 Å². The number of nitrogens with zero attached hydrogens (tertiary/aromatic N) is 3. The second-order valence-corrected chi connectivity index (χ2v) is 3.35. The van der Waals surface area contributed by atoms with Gasteiger partial charge >= 0.3 is 5.69 Å². The third-order valence-corrected chi connectivity index (χ3v) is 2.05. The summed E-state index contributed by atoms with van der Waals surface area (Å²) < 4.78 is 4.89. The summed E-state index contributed by atoms with van der Waals surface area (Å²) in [4.78, 5) is 17.5. The lowest BCUT2D eigenvalue weighted by atomic mass is 10.3. The molecule has 0 aliphatic rings. The van der Waals surface area contributed by atoms with E-state index in [1.54, 1.807) is 7.11 Å². The summed E-state index contributed by atoms with van der Waals surface area (Å²) in [5.41, 5.74) is 5.20. The molecular weight excluding hydrogens is 226 g/mol. The van der Waals surface area contributed by atoms with Gasteiger partial charge in [-0.25, -0.2) is 4.98 Å². The van der Waals surface area contributed by atoms with Crippen LogP contribution in [0.2, 0.25) is 0 Å². The molecule has 0 bridgehead atoms. The van der Waals surface area contributed by atoms with Crippen molar-refractivity contribution < 1.29 is 9.66 Å². The highest BCUT2D eigenvalue weighted by Crippen LogP contribution is 2.20. The summed E-state index contributed by atoms with van der Waals surface area (Å²) in [6.07, 6.45) is 2.80. The first-order valence-corrected chi connectivity index (χ1v) is 5.15. The molecule has 0 aliphatic carbocycles. The maximum Gasteiger partial charge on any atom is 0.329 e. The molecular formula is C9H15N5O3. The minimum atomic E-state index is -0.545. The second-order valence-electron chi connectivity index (χ2n) is 3.35. The van der Waals surface area contributed by atoms with Crippen LogP contribution in [0.25, 0.3) is 0 Å². The predicted octanol–water partition coefficient (Wildman–Crippen LogP) is 0.806. The molecule has 0 aromatic carbocycles. The molecule has 1 aromatic rings. The van der Waals surface area contributed by atoms with Gasteiger partial charge in [0, 0.05) is 20.3 Å². The highest BCUT2D eigenvalue weighted by Gasteiger charge is 2.15. The molecule has 0 spiro atoms. The number of hydrogen-bond acceptors (Lipinski definition) is 7. The maximum atomic E-state index is 10.7. The number of nitrogen functional groups attached to an aromatic ring is 1. The van der Waals surface area contributed by atoms with Gasteiger partial charge in [0.2, 0.25) is 11.8 Å². The number of aromatic nitrogens is 2. The molecule has 0 amide bonds. The summed E-state index contributed by atoms with van der Waals surface area (Å²) in [5.74, 6) is 0.162. The Morgan fingerprint density at radius 1 is 1.59 bits per heavy atom. The molecule has 8 nitrogen and oxygen atoms in total. The predicted molar refractivity (Wildman–Crippen MR) is 62.7 cm³/mol. The van der Waals surface area contributed by atoms with Gasteiger partial charge in [-0.2, -0.15) is 4.98 Å². The van der Waals surface area contributed by atoms with Crippen LogP contribution in [-0.4, -0.2) is 35.2 Å². The molecule has 94 valence electrons. The van der Waals surface area contributed by atoms with Crippen LogP contribution in [0.3, 0.4) is 0 Å². The van der Waals surface area contributed by atoms with Crippen molar-refractivity contribution in [2.24, 2.45) is 0 Å². The van der Waals surface area contributed by atoms with Crippen molar-refractivity contribution in [3.63, 3.8) is 0 Å². The number of ether oxygens (including phenoxy) is 1. The number of nitrogens with one attached hydrogen (secondary N) is 1. The van der Waals surface area contributed by atoms with E-state index < -0.39 is 4.92 Å². The number of methoxy groups -OCH3 is 1. The molecule has 0 aliphatic heterocycles. The zero-order chi connectivity index (χ0) is 12.7. The van der Waals surface area contributed by atoms with Gasteiger partial charge in [-0.15, -0.1) is 0 Å². The Morgan fingerprint density at radius 2 is 2.35 bits per heavy atom. The van der Waals surface area contributed by atoms with Gasteiger partial charge in [0.1, 0.15) is 6.20 Å². The van der Waals surface area contributed by atoms with Crippen LogP contribution in [-0.2, 0) is 4.74 Å². The summed E-state index contributed by atoms with van der Waals surface area (Å²) in [6.45, 7) is 1.23. The van der Waals surface area contributed by atoms with E-state index >= 15 is 0 Å². The molecule has 1 heterocycles. The van der Waals surface area contributed by atoms with E-state index in [0.717, 1.165) is 19.0 Å². The average molecular weight is 241 g/mol. The highest BCUT2D eigenvalue weighted by molar-refractivity contribution is 5.56. The first kappa shape index (κ1) is 13.1. The Bertz CT molecular complexity index is 385. The highest BCUT2D eigenvalue weighted by atomic mass is 16.6. The Kier molecular flexibility index (Phi) is 5.08. The number of nitrogens with two attached hydrogens (primary N) is 1. The van der Waals surface area contributed by atoms with Crippen molar-refractivity contribution in [2.45, 2.75) is 12.8 Å². The molecule has 0 fully saturated rings. The molecule has 0 saturated carbocycles. The first-order valence-electron chi connectivity index (χ1n) is 5.15. The molecule has 8 heteroatoms. The summed E-state index contributed by atoms with van der Waals surface area (Å²) in [5, 5.41) is 13.6. The lowest BCUT2D eigenvalue weighted by Gasteiger charge is -2.05. The zero-order valence-corrected chi connectivity index (χ0v) is 9.55. The molecule has 17 heavy (non-hydrogen) atoms. The molecule has 3 N–H and O–H groups in total. The van der Waals surface area contributed by atoms with Gasteiger partial charge < -0.3 is 15.8 Å². The minimum absolute atomic E-state index is 0.00925. The largest absolute Gasteiger partial charge is 0.385 e. The first-order chi connectivity index (χ1) is 8.15. The van der Waals surface area contributed by atoms with E-state index in [4.69, 9.17) is 10.5 Å². The van der Waals surface area contributed by atoms with E-state index in [1.165, 1.54) is 0 Å². The van der Waals surface area contributed by atoms with Crippen LogP contribution in [0.5, 0.6) is 0 Å². The van der Waals surface area contributed by atoms with Crippen LogP contribution in [0.4, 0.5) is 17.5 Å². The molecule has 0 unspecified atom stereocenters. The molecule has 1 rings (SSSR count). The lowest BCUT2D eigenvalue weighted by Crippen LogP contribution is -2.09. The van der Waals surface area contributed by atoms with Crippen LogP contribution < -0.4 is 11.1 Å². The van der Waals surface area contributed by atoms with E-state index in [2.05, 4.69) is 15.3 Å². The number of anilines is 2. The van der Waals surface area contributed by atoms with Crippen molar-refractivity contribution in [3.05, 3.63) is 16.3 Å². The monoisotopic (exact) mass is 241 g/mol. The van der Waals surface area contributed by atoms with E-state index in [-0.39, 0.29) is 17.5 Å². The van der Waals surface area contributed by atoms with Crippen LogP contribution in [0, 0.1) is 10.1 Å². The van der Waals surface area contributed by atoms with E-state index in [9.17, 15) is 10.1 Å². The topological polar surface area (TPSA) is 116 Å². The third kappa shape index (κ3) is 4.19. The van der Waals surface area contributed by atoms with Gasteiger partial charge in [0.05, 0.1) is 4.92 Å². The van der Waals surface area contributed by atoms with Crippen LogP contribution >= 0.6 is 0 Å². The number of rotatable bonds is 7. The van der Waals surface area contributed by atoms with Crippen LogP contribution in [0.1, 0.15) is 12.8 Å². The van der Waals surface area contributed by atoms with E-state index in [0.29, 0.717) is 13.2 Å². The van der Waals surface area contributed by atoms with Gasteiger partial charge in [-0.3, -0.25) is 10.1 Å². The SMILES string of the molecule is COCCCCNc1nc(N)ncc1[N+](=O)[O-]. The van der Waals surface area contributed by atoms with Gasteiger partial charge in [-0.1, -0.05) is 0 Å². The Hall–Kier alpha value is -1.96. The Balaban J connectivity index is 2.56. The Labute approximate surface area is 98.4 Å². The molecule has 0 radical (unpaired) electrons. The van der Waals surface area contributed by atoms with Crippen molar-refractivity contribution in [1.29, 1.82) is 0 Å². The number of unbranched alkanes of at least 4 members (excludes halogenated alkanes) is 1.